The van der Waals surface area contributed by atoms with E-state index in [0.717, 1.165) is 50.6 Å². The van der Waals surface area contributed by atoms with E-state index < -0.39 is 0 Å². The van der Waals surface area contributed by atoms with Gasteiger partial charge in [-0.1, -0.05) is 12.8 Å². The highest BCUT2D eigenvalue weighted by Gasteiger charge is 2.19. The molecule has 0 aromatic carbocycles. The number of nitrogens with zero attached hydrogens (tertiary/aromatic N) is 4. The molecule has 0 radical (unpaired) electrons. The van der Waals surface area contributed by atoms with Crippen LogP contribution in [0, 0.1) is 0 Å². The molecule has 3 aromatic heterocycles. The Morgan fingerprint density at radius 1 is 1.11 bits per heavy atom. The third-order valence-electron chi connectivity index (χ3n) is 6.07. The summed E-state index contributed by atoms with van der Waals surface area (Å²) in [5, 5.41) is 5.80. The van der Waals surface area contributed by atoms with Crippen LogP contribution >= 0.6 is 0 Å². The summed E-state index contributed by atoms with van der Waals surface area (Å²) in [7, 11) is 0. The standard InChI is InChI=1S/C21H27N5O/c1-2-4-16(3-1)17-11-19-20(14-23-21(19)22-12-17)18-13-24-26(15-18)6-5-25-7-9-27-10-8-25/h11-16H,1-10H2,(H,22,23). The zero-order chi connectivity index (χ0) is 18.1. The van der Waals surface area contributed by atoms with Gasteiger partial charge < -0.3 is 9.72 Å². The first-order valence-electron chi connectivity index (χ1n) is 10.2. The summed E-state index contributed by atoms with van der Waals surface area (Å²) in [4.78, 5) is 10.4. The summed E-state index contributed by atoms with van der Waals surface area (Å²) >= 11 is 0. The van der Waals surface area contributed by atoms with E-state index in [4.69, 9.17) is 4.74 Å². The predicted molar refractivity (Wildman–Crippen MR) is 106 cm³/mol. The molecule has 6 heteroatoms. The quantitative estimate of drug-likeness (QED) is 0.753. The summed E-state index contributed by atoms with van der Waals surface area (Å²) < 4.78 is 7.47. The molecule has 5 rings (SSSR count). The lowest BCUT2D eigenvalue weighted by Crippen LogP contribution is -2.38. The number of rotatable bonds is 5. The molecule has 3 aromatic rings. The van der Waals surface area contributed by atoms with Crippen molar-refractivity contribution >= 4 is 11.0 Å². The van der Waals surface area contributed by atoms with Crippen molar-refractivity contribution in [2.24, 2.45) is 0 Å². The van der Waals surface area contributed by atoms with Crippen LogP contribution < -0.4 is 0 Å². The molecule has 142 valence electrons. The first-order valence-corrected chi connectivity index (χ1v) is 10.2. The first kappa shape index (κ1) is 17.0. The van der Waals surface area contributed by atoms with Crippen molar-refractivity contribution in [3.05, 3.63) is 36.4 Å². The molecule has 1 aliphatic carbocycles. The topological polar surface area (TPSA) is 59.0 Å². The summed E-state index contributed by atoms with van der Waals surface area (Å²) in [5.41, 5.74) is 4.72. The third-order valence-corrected chi connectivity index (χ3v) is 6.07. The number of ether oxygens (including phenoxy) is 1. The zero-order valence-electron chi connectivity index (χ0n) is 15.7. The average Bonchev–Trinajstić information content (AvgIpc) is 3.46. The van der Waals surface area contributed by atoms with Crippen LogP contribution in [0.1, 0.15) is 37.2 Å². The van der Waals surface area contributed by atoms with E-state index in [-0.39, 0.29) is 0 Å². The molecule has 27 heavy (non-hydrogen) atoms. The molecule has 0 unspecified atom stereocenters. The molecule has 1 N–H and O–H groups in total. The van der Waals surface area contributed by atoms with Crippen molar-refractivity contribution in [3.63, 3.8) is 0 Å². The molecule has 0 bridgehead atoms. The van der Waals surface area contributed by atoms with E-state index in [1.807, 2.05) is 6.20 Å². The number of aromatic nitrogens is 4. The fourth-order valence-corrected chi connectivity index (χ4v) is 4.43. The second-order valence-corrected chi connectivity index (χ2v) is 7.79. The van der Waals surface area contributed by atoms with Crippen LogP contribution in [0.5, 0.6) is 0 Å². The van der Waals surface area contributed by atoms with Crippen LogP contribution in [-0.2, 0) is 11.3 Å². The average molecular weight is 365 g/mol. The van der Waals surface area contributed by atoms with Gasteiger partial charge in [-0.15, -0.1) is 0 Å². The van der Waals surface area contributed by atoms with E-state index in [9.17, 15) is 0 Å². The minimum Gasteiger partial charge on any atom is -0.379 e. The summed E-state index contributed by atoms with van der Waals surface area (Å²) in [6.45, 7) is 5.66. The van der Waals surface area contributed by atoms with Gasteiger partial charge in [-0.3, -0.25) is 9.58 Å². The maximum atomic E-state index is 5.42. The fraction of sp³-hybridized carbons (Fsp3) is 0.524. The van der Waals surface area contributed by atoms with E-state index >= 15 is 0 Å². The van der Waals surface area contributed by atoms with Gasteiger partial charge in [0.2, 0.25) is 0 Å². The van der Waals surface area contributed by atoms with Gasteiger partial charge in [0, 0.05) is 54.7 Å². The maximum absolute atomic E-state index is 5.42. The first-order chi connectivity index (χ1) is 13.4. The van der Waals surface area contributed by atoms with Crippen LogP contribution in [0.4, 0.5) is 0 Å². The van der Waals surface area contributed by atoms with Crippen LogP contribution in [0.3, 0.4) is 0 Å². The van der Waals surface area contributed by atoms with Gasteiger partial charge in [0.15, 0.2) is 0 Å². The number of hydrogen-bond acceptors (Lipinski definition) is 4. The summed E-state index contributed by atoms with van der Waals surface area (Å²) in [6, 6.07) is 2.34. The molecule has 1 saturated heterocycles. The number of aromatic amines is 1. The van der Waals surface area contributed by atoms with Crippen LogP contribution in [-0.4, -0.2) is 57.5 Å². The number of morpholine rings is 1. The van der Waals surface area contributed by atoms with Gasteiger partial charge in [-0.2, -0.15) is 5.10 Å². The highest BCUT2D eigenvalue weighted by molar-refractivity contribution is 5.93. The van der Waals surface area contributed by atoms with Gasteiger partial charge in [0.05, 0.1) is 26.0 Å². The van der Waals surface area contributed by atoms with E-state index in [1.165, 1.54) is 42.2 Å². The van der Waals surface area contributed by atoms with Gasteiger partial charge in [0.25, 0.3) is 0 Å². The molecule has 2 fully saturated rings. The minimum absolute atomic E-state index is 0.681. The Morgan fingerprint density at radius 2 is 1.96 bits per heavy atom. The van der Waals surface area contributed by atoms with Gasteiger partial charge in [-0.05, 0) is 30.4 Å². The molecule has 1 saturated carbocycles. The Balaban J connectivity index is 1.35. The van der Waals surface area contributed by atoms with E-state index in [0.29, 0.717) is 5.92 Å². The second kappa shape index (κ2) is 7.44. The molecule has 0 amide bonds. The Kier molecular flexibility index (Phi) is 4.67. The molecule has 0 atom stereocenters. The van der Waals surface area contributed by atoms with Crippen LogP contribution in [0.25, 0.3) is 22.2 Å². The SMILES string of the molecule is c1nn(CCN2CCOCC2)cc1-c1c[nH]c2ncc(C3CCCC3)cc12. The fourth-order valence-electron chi connectivity index (χ4n) is 4.43. The van der Waals surface area contributed by atoms with Gasteiger partial charge in [-0.25, -0.2) is 4.98 Å². The zero-order valence-corrected chi connectivity index (χ0v) is 15.7. The van der Waals surface area contributed by atoms with Crippen molar-refractivity contribution in [2.45, 2.75) is 38.1 Å². The van der Waals surface area contributed by atoms with Gasteiger partial charge in [0.1, 0.15) is 5.65 Å². The highest BCUT2D eigenvalue weighted by atomic mass is 16.5. The van der Waals surface area contributed by atoms with Crippen molar-refractivity contribution in [3.8, 4) is 11.1 Å². The van der Waals surface area contributed by atoms with E-state index in [1.54, 1.807) is 0 Å². The normalized spacial score (nSPS) is 19.3. The molecular formula is C21H27N5O. The third kappa shape index (κ3) is 3.51. The Morgan fingerprint density at radius 3 is 2.81 bits per heavy atom. The molecule has 0 spiro atoms. The van der Waals surface area contributed by atoms with E-state index in [2.05, 4.69) is 49.3 Å². The maximum Gasteiger partial charge on any atom is 0.137 e. The Hall–Kier alpha value is -2.18. The van der Waals surface area contributed by atoms with Crippen LogP contribution in [0.15, 0.2) is 30.9 Å². The number of H-pyrrole nitrogens is 1. The van der Waals surface area contributed by atoms with Crippen molar-refractivity contribution in [1.82, 2.24) is 24.6 Å². The Labute approximate surface area is 159 Å². The molecule has 4 heterocycles. The summed E-state index contributed by atoms with van der Waals surface area (Å²) in [5.74, 6) is 0.681. The summed E-state index contributed by atoms with van der Waals surface area (Å²) in [6.07, 6.45) is 13.6. The number of nitrogens with one attached hydrogen (secondary N) is 1. The monoisotopic (exact) mass is 365 g/mol. The van der Waals surface area contributed by atoms with Crippen molar-refractivity contribution in [2.75, 3.05) is 32.8 Å². The van der Waals surface area contributed by atoms with Crippen molar-refractivity contribution < 1.29 is 4.74 Å². The molecule has 1 aliphatic heterocycles. The lowest BCUT2D eigenvalue weighted by atomic mass is 9.97. The molecular weight excluding hydrogens is 338 g/mol. The highest BCUT2D eigenvalue weighted by Crippen LogP contribution is 2.36. The van der Waals surface area contributed by atoms with Crippen LogP contribution in [0.2, 0.25) is 0 Å². The Bertz CT molecular complexity index is 902. The largest absolute Gasteiger partial charge is 0.379 e. The number of hydrogen-bond donors (Lipinski definition) is 1. The number of fused-ring (bicyclic) bond motifs is 1. The smallest absolute Gasteiger partial charge is 0.137 e. The molecule has 2 aliphatic rings. The second-order valence-electron chi connectivity index (χ2n) is 7.79. The van der Waals surface area contributed by atoms with Gasteiger partial charge >= 0.3 is 0 Å². The number of pyridine rings is 1. The lowest BCUT2D eigenvalue weighted by Gasteiger charge is -2.26. The lowest BCUT2D eigenvalue weighted by molar-refractivity contribution is 0.0360. The predicted octanol–water partition coefficient (Wildman–Crippen LogP) is 3.42. The van der Waals surface area contributed by atoms with Crippen molar-refractivity contribution in [1.29, 1.82) is 0 Å². The minimum atomic E-state index is 0.681. The molecule has 6 nitrogen and oxygen atoms in total.